The number of pyridine rings is 1. The zero-order valence-corrected chi connectivity index (χ0v) is 23.0. The molecule has 1 saturated heterocycles. The number of carbonyl (C=O) groups excluding carboxylic acids is 2. The van der Waals surface area contributed by atoms with E-state index in [-0.39, 0.29) is 29.4 Å². The molecule has 38 heavy (non-hydrogen) atoms. The summed E-state index contributed by atoms with van der Waals surface area (Å²) in [5, 5.41) is 2.84. The Morgan fingerprint density at radius 3 is 2.42 bits per heavy atom. The van der Waals surface area contributed by atoms with E-state index in [9.17, 15) is 9.59 Å². The first-order valence-electron chi connectivity index (χ1n) is 13.9. The lowest BCUT2D eigenvalue weighted by Gasteiger charge is -2.51. The van der Waals surface area contributed by atoms with Gasteiger partial charge >= 0.3 is 6.03 Å². The van der Waals surface area contributed by atoms with Crippen molar-refractivity contribution in [2.24, 2.45) is 5.92 Å². The second kappa shape index (κ2) is 10.9. The number of urea groups is 1. The highest BCUT2D eigenvalue weighted by atomic mass is 16.5. The Balaban J connectivity index is 1.27. The number of hydrogen-bond donors (Lipinski definition) is 1. The largest absolute Gasteiger partial charge is 0.495 e. The number of aromatic nitrogens is 1. The van der Waals surface area contributed by atoms with E-state index >= 15 is 0 Å². The van der Waals surface area contributed by atoms with Gasteiger partial charge in [-0.25, -0.2) is 9.78 Å². The molecule has 1 aliphatic heterocycles. The Bertz CT molecular complexity index is 1110. The maximum Gasteiger partial charge on any atom is 0.320 e. The fraction of sp³-hybridized carbons (Fsp3) is 0.567. The summed E-state index contributed by atoms with van der Waals surface area (Å²) in [5.74, 6) is 1.59. The van der Waals surface area contributed by atoms with Gasteiger partial charge in [-0.1, -0.05) is 36.8 Å². The van der Waals surface area contributed by atoms with Gasteiger partial charge in [0.1, 0.15) is 11.6 Å². The average Bonchev–Trinajstić information content (AvgIpc) is 3.16. The minimum atomic E-state index is -0.158. The maximum atomic E-state index is 13.7. The van der Waals surface area contributed by atoms with Crippen molar-refractivity contribution in [3.05, 3.63) is 54.2 Å². The minimum absolute atomic E-state index is 0.0175. The molecule has 0 bridgehead atoms. The van der Waals surface area contributed by atoms with E-state index < -0.39 is 0 Å². The highest BCUT2D eigenvalue weighted by Gasteiger charge is 2.54. The minimum Gasteiger partial charge on any atom is -0.495 e. The standard InChI is InChI=1S/C30H41N5O3/c1-33(2)30(24-10-5-4-6-11-24)17-15-29(16-18-30)22-34(28(37)35(29)21-23-8-7-9-23)19-14-27(36)32-26-13-12-25(38-3)20-31-26/h4-6,10-13,20,23H,7-9,14-19,21-22H2,1-3H3,(H,31,32,36)/t29-,30-. The van der Waals surface area contributed by atoms with Gasteiger partial charge in [0.25, 0.3) is 0 Å². The third kappa shape index (κ3) is 5.10. The van der Waals surface area contributed by atoms with E-state index in [4.69, 9.17) is 4.74 Å². The first-order chi connectivity index (χ1) is 18.3. The predicted molar refractivity (Wildman–Crippen MR) is 148 cm³/mol. The van der Waals surface area contributed by atoms with Gasteiger partial charge in [0, 0.05) is 31.6 Å². The molecule has 0 unspecified atom stereocenters. The molecule has 1 N–H and O–H groups in total. The number of hydrogen-bond acceptors (Lipinski definition) is 5. The molecular formula is C30H41N5O3. The smallest absolute Gasteiger partial charge is 0.320 e. The van der Waals surface area contributed by atoms with Crippen LogP contribution in [0.4, 0.5) is 10.6 Å². The third-order valence-electron chi connectivity index (χ3n) is 9.25. The number of carbonyl (C=O) groups is 2. The molecule has 1 aromatic heterocycles. The molecule has 2 saturated carbocycles. The molecule has 8 heteroatoms. The van der Waals surface area contributed by atoms with E-state index in [2.05, 4.69) is 64.5 Å². The van der Waals surface area contributed by atoms with E-state index in [1.165, 1.54) is 24.8 Å². The van der Waals surface area contributed by atoms with Crippen molar-refractivity contribution in [1.29, 1.82) is 0 Å². The fourth-order valence-electron chi connectivity index (χ4n) is 6.58. The summed E-state index contributed by atoms with van der Waals surface area (Å²) in [6, 6.07) is 14.4. The van der Waals surface area contributed by atoms with Crippen LogP contribution in [0.2, 0.25) is 0 Å². The Morgan fingerprint density at radius 1 is 1.11 bits per heavy atom. The number of nitrogens with one attached hydrogen (secondary N) is 1. The number of methoxy groups -OCH3 is 1. The lowest BCUT2D eigenvalue weighted by atomic mass is 9.68. The van der Waals surface area contributed by atoms with Crippen molar-refractivity contribution in [2.45, 2.75) is 62.4 Å². The van der Waals surface area contributed by atoms with Crippen molar-refractivity contribution in [3.8, 4) is 5.75 Å². The van der Waals surface area contributed by atoms with Gasteiger partial charge in [0.2, 0.25) is 5.91 Å². The van der Waals surface area contributed by atoms with Crippen LogP contribution in [0.5, 0.6) is 5.75 Å². The van der Waals surface area contributed by atoms with Crippen LogP contribution >= 0.6 is 0 Å². The van der Waals surface area contributed by atoms with E-state index in [0.29, 0.717) is 30.6 Å². The topological polar surface area (TPSA) is 78.0 Å². The summed E-state index contributed by atoms with van der Waals surface area (Å²) < 4.78 is 5.13. The Hall–Kier alpha value is -3.13. The lowest BCUT2D eigenvalue weighted by molar-refractivity contribution is -0.116. The zero-order chi connectivity index (χ0) is 26.8. The van der Waals surface area contributed by atoms with Crippen LogP contribution in [0, 0.1) is 5.92 Å². The first kappa shape index (κ1) is 26.5. The SMILES string of the molecule is COc1ccc(NC(=O)CCN2C[C@]3(CC[C@@](c4ccccc4)(N(C)C)CC3)N(CC3CCC3)C2=O)nc1. The first-order valence-corrected chi connectivity index (χ1v) is 13.9. The highest BCUT2D eigenvalue weighted by molar-refractivity contribution is 5.90. The zero-order valence-electron chi connectivity index (χ0n) is 23.0. The molecule has 8 nitrogen and oxygen atoms in total. The number of anilines is 1. The Kier molecular flexibility index (Phi) is 7.61. The molecule has 204 valence electrons. The number of rotatable bonds is 9. The third-order valence-corrected chi connectivity index (χ3v) is 9.25. The van der Waals surface area contributed by atoms with Gasteiger partial charge in [-0.15, -0.1) is 0 Å². The number of nitrogens with zero attached hydrogens (tertiary/aromatic N) is 4. The molecule has 0 radical (unpaired) electrons. The molecule has 0 atom stereocenters. The average molecular weight is 520 g/mol. The summed E-state index contributed by atoms with van der Waals surface area (Å²) in [5.41, 5.74) is 1.18. The second-order valence-corrected chi connectivity index (χ2v) is 11.5. The second-order valence-electron chi connectivity index (χ2n) is 11.5. The van der Waals surface area contributed by atoms with Crippen LogP contribution in [0.1, 0.15) is 56.9 Å². The predicted octanol–water partition coefficient (Wildman–Crippen LogP) is 4.73. The maximum absolute atomic E-state index is 13.7. The molecule has 1 aromatic carbocycles. The van der Waals surface area contributed by atoms with Gasteiger partial charge in [0.15, 0.2) is 0 Å². The molecule has 2 heterocycles. The van der Waals surface area contributed by atoms with Crippen LogP contribution in [-0.4, -0.2) is 78.0 Å². The van der Waals surface area contributed by atoms with Crippen LogP contribution < -0.4 is 10.1 Å². The van der Waals surface area contributed by atoms with Crippen LogP contribution in [0.15, 0.2) is 48.7 Å². The van der Waals surface area contributed by atoms with Crippen molar-refractivity contribution in [3.63, 3.8) is 0 Å². The van der Waals surface area contributed by atoms with Crippen LogP contribution in [0.3, 0.4) is 0 Å². The summed E-state index contributed by atoms with van der Waals surface area (Å²) in [6.07, 6.45) is 9.47. The Labute approximate surface area is 226 Å². The molecule has 3 amide bonds. The van der Waals surface area contributed by atoms with Gasteiger partial charge in [0.05, 0.1) is 18.8 Å². The van der Waals surface area contributed by atoms with Gasteiger partial charge in [-0.2, -0.15) is 0 Å². The number of amides is 3. The van der Waals surface area contributed by atoms with E-state index in [0.717, 1.165) is 32.2 Å². The summed E-state index contributed by atoms with van der Waals surface area (Å²) in [4.78, 5) is 37.1. The summed E-state index contributed by atoms with van der Waals surface area (Å²) >= 11 is 0. The highest BCUT2D eigenvalue weighted by Crippen LogP contribution is 2.49. The van der Waals surface area contributed by atoms with Crippen LogP contribution in [0.25, 0.3) is 0 Å². The van der Waals surface area contributed by atoms with Crippen molar-refractivity contribution < 1.29 is 14.3 Å². The van der Waals surface area contributed by atoms with Crippen molar-refractivity contribution in [1.82, 2.24) is 19.7 Å². The van der Waals surface area contributed by atoms with Crippen LogP contribution in [-0.2, 0) is 10.3 Å². The fourth-order valence-corrected chi connectivity index (χ4v) is 6.58. The molecular weight excluding hydrogens is 478 g/mol. The molecule has 3 fully saturated rings. The van der Waals surface area contributed by atoms with E-state index in [1.807, 2.05) is 4.90 Å². The number of benzene rings is 1. The normalized spacial score (nSPS) is 25.6. The van der Waals surface area contributed by atoms with Gasteiger partial charge in [-0.05, 0) is 76.2 Å². The monoisotopic (exact) mass is 519 g/mol. The molecule has 2 aliphatic carbocycles. The quantitative estimate of drug-likeness (QED) is 0.518. The molecule has 1 spiro atoms. The van der Waals surface area contributed by atoms with Crippen molar-refractivity contribution >= 4 is 17.8 Å². The summed E-state index contributed by atoms with van der Waals surface area (Å²) in [7, 11) is 5.94. The molecule has 3 aliphatic rings. The number of ether oxygens (including phenoxy) is 1. The molecule has 2 aromatic rings. The molecule has 5 rings (SSSR count). The van der Waals surface area contributed by atoms with Gasteiger partial charge < -0.3 is 19.9 Å². The van der Waals surface area contributed by atoms with E-state index in [1.54, 1.807) is 25.4 Å². The lowest BCUT2D eigenvalue weighted by Crippen LogP contribution is -2.56. The summed E-state index contributed by atoms with van der Waals surface area (Å²) in [6.45, 7) is 1.96. The van der Waals surface area contributed by atoms with Gasteiger partial charge in [-0.3, -0.25) is 9.69 Å². The Morgan fingerprint density at radius 2 is 1.84 bits per heavy atom. The van der Waals surface area contributed by atoms with Crippen molar-refractivity contribution in [2.75, 3.05) is 46.2 Å².